The second-order valence-electron chi connectivity index (χ2n) is 7.43. The Morgan fingerprint density at radius 2 is 1.62 bits per heavy atom. The van der Waals surface area contributed by atoms with Crippen LogP contribution in [0.25, 0.3) is 0 Å². The molecule has 2 N–H and O–H groups in total. The van der Waals surface area contributed by atoms with Crippen LogP contribution >= 0.6 is 0 Å². The van der Waals surface area contributed by atoms with E-state index in [-0.39, 0.29) is 0 Å². The molecule has 3 nitrogen and oxygen atoms in total. The van der Waals surface area contributed by atoms with E-state index in [2.05, 4.69) is 17.3 Å². The first-order valence-electron chi connectivity index (χ1n) is 9.29. The van der Waals surface area contributed by atoms with Gasteiger partial charge in [0.05, 0.1) is 6.61 Å². The second kappa shape index (κ2) is 9.12. The van der Waals surface area contributed by atoms with Crippen molar-refractivity contribution in [3.63, 3.8) is 0 Å². The molecule has 3 heteroatoms. The summed E-state index contributed by atoms with van der Waals surface area (Å²) >= 11 is 0. The summed E-state index contributed by atoms with van der Waals surface area (Å²) in [6, 6.07) is 0.725. The lowest BCUT2D eigenvalue weighted by atomic mass is 9.78. The van der Waals surface area contributed by atoms with Crippen molar-refractivity contribution < 1.29 is 5.11 Å². The van der Waals surface area contributed by atoms with Gasteiger partial charge in [0.15, 0.2) is 0 Å². The molecule has 2 rings (SSSR count). The van der Waals surface area contributed by atoms with Gasteiger partial charge in [-0.25, -0.2) is 0 Å². The summed E-state index contributed by atoms with van der Waals surface area (Å²) in [7, 11) is 2.10. The minimum Gasteiger partial charge on any atom is -0.395 e. The van der Waals surface area contributed by atoms with Gasteiger partial charge in [-0.1, -0.05) is 44.9 Å². The lowest BCUT2D eigenvalue weighted by molar-refractivity contribution is 0.0613. The molecule has 124 valence electrons. The minimum atomic E-state index is 0.312. The molecule has 0 aromatic heterocycles. The molecule has 21 heavy (non-hydrogen) atoms. The molecule has 0 atom stereocenters. The molecule has 0 saturated heterocycles. The molecule has 0 spiro atoms. The van der Waals surface area contributed by atoms with Crippen molar-refractivity contribution in [3.05, 3.63) is 0 Å². The Kier molecular flexibility index (Phi) is 7.48. The number of aliphatic hydroxyl groups excluding tert-OH is 1. The maximum Gasteiger partial charge on any atom is 0.0558 e. The molecule has 0 aliphatic heterocycles. The average molecular weight is 296 g/mol. The molecule has 2 aliphatic rings. The van der Waals surface area contributed by atoms with Crippen LogP contribution in [0.1, 0.15) is 70.6 Å². The van der Waals surface area contributed by atoms with E-state index < -0.39 is 0 Å². The van der Waals surface area contributed by atoms with Gasteiger partial charge < -0.3 is 10.4 Å². The van der Waals surface area contributed by atoms with Crippen molar-refractivity contribution in [3.8, 4) is 0 Å². The van der Waals surface area contributed by atoms with Crippen molar-refractivity contribution in [2.45, 2.75) is 76.7 Å². The third-order valence-corrected chi connectivity index (χ3v) is 5.73. The number of nitrogens with zero attached hydrogens (tertiary/aromatic N) is 1. The van der Waals surface area contributed by atoms with Gasteiger partial charge >= 0.3 is 0 Å². The topological polar surface area (TPSA) is 35.5 Å². The Morgan fingerprint density at radius 3 is 2.19 bits per heavy atom. The van der Waals surface area contributed by atoms with Crippen LogP contribution in [0.15, 0.2) is 0 Å². The van der Waals surface area contributed by atoms with Crippen molar-refractivity contribution in [2.24, 2.45) is 5.41 Å². The van der Waals surface area contributed by atoms with Gasteiger partial charge in [0.1, 0.15) is 0 Å². The van der Waals surface area contributed by atoms with Gasteiger partial charge in [0.2, 0.25) is 0 Å². The summed E-state index contributed by atoms with van der Waals surface area (Å²) in [6.45, 7) is 3.52. The van der Waals surface area contributed by atoms with E-state index in [1.807, 2.05) is 0 Å². The maximum atomic E-state index is 9.51. The first-order valence-corrected chi connectivity index (χ1v) is 9.29. The molecule has 2 saturated carbocycles. The summed E-state index contributed by atoms with van der Waals surface area (Å²) < 4.78 is 0. The third kappa shape index (κ3) is 5.22. The van der Waals surface area contributed by atoms with Crippen molar-refractivity contribution in [1.82, 2.24) is 10.2 Å². The smallest absolute Gasteiger partial charge is 0.0558 e. The highest BCUT2D eigenvalue weighted by Crippen LogP contribution is 2.37. The molecule has 0 heterocycles. The fraction of sp³-hybridized carbons (Fsp3) is 1.00. The Labute approximate surface area is 131 Å². The SMILES string of the molecule is CNCC1(CN(CCO)C2CCCCC2)CCCCCC1. The van der Waals surface area contributed by atoms with Gasteiger partial charge in [-0.3, -0.25) is 4.90 Å². The molecule has 0 amide bonds. The van der Waals surface area contributed by atoms with Crippen LogP contribution in [0.3, 0.4) is 0 Å². The van der Waals surface area contributed by atoms with Gasteiger partial charge in [-0.15, -0.1) is 0 Å². The van der Waals surface area contributed by atoms with Crippen LogP contribution in [-0.2, 0) is 0 Å². The zero-order valence-electron chi connectivity index (χ0n) is 14.1. The van der Waals surface area contributed by atoms with Crippen molar-refractivity contribution >= 4 is 0 Å². The van der Waals surface area contributed by atoms with E-state index in [9.17, 15) is 5.11 Å². The van der Waals surface area contributed by atoms with Gasteiger partial charge in [-0.05, 0) is 38.1 Å². The number of rotatable bonds is 7. The summed E-state index contributed by atoms with van der Waals surface area (Å²) in [6.07, 6.45) is 15.2. The average Bonchev–Trinajstić information content (AvgIpc) is 2.74. The molecule has 0 aromatic carbocycles. The van der Waals surface area contributed by atoms with Crippen LogP contribution in [-0.4, -0.2) is 49.3 Å². The van der Waals surface area contributed by atoms with E-state index in [4.69, 9.17) is 0 Å². The number of aliphatic hydroxyl groups is 1. The third-order valence-electron chi connectivity index (χ3n) is 5.73. The fourth-order valence-corrected chi connectivity index (χ4v) is 4.64. The van der Waals surface area contributed by atoms with Gasteiger partial charge in [0.25, 0.3) is 0 Å². The largest absolute Gasteiger partial charge is 0.395 e. The highest BCUT2D eigenvalue weighted by Gasteiger charge is 2.34. The lowest BCUT2D eigenvalue weighted by Crippen LogP contribution is -2.48. The van der Waals surface area contributed by atoms with E-state index in [0.717, 1.165) is 19.1 Å². The molecular weight excluding hydrogens is 260 g/mol. The van der Waals surface area contributed by atoms with Crippen LogP contribution in [0.4, 0.5) is 0 Å². The van der Waals surface area contributed by atoms with Crippen molar-refractivity contribution in [1.29, 1.82) is 0 Å². The molecule has 0 aromatic rings. The Balaban J connectivity index is 2.02. The zero-order chi connectivity index (χ0) is 15.0. The molecule has 0 radical (unpaired) electrons. The second-order valence-corrected chi connectivity index (χ2v) is 7.43. The highest BCUT2D eigenvalue weighted by molar-refractivity contribution is 4.89. The maximum absolute atomic E-state index is 9.51. The predicted molar refractivity (Wildman–Crippen MR) is 89.6 cm³/mol. The monoisotopic (exact) mass is 296 g/mol. The molecule has 2 fully saturated rings. The molecule has 0 unspecified atom stereocenters. The molecule has 2 aliphatic carbocycles. The Morgan fingerprint density at radius 1 is 1.00 bits per heavy atom. The molecule has 0 bridgehead atoms. The standard InChI is InChI=1S/C18H36N2O/c1-19-15-18(11-7-2-3-8-12-18)16-20(13-14-21)17-9-5-4-6-10-17/h17,19,21H,2-16H2,1H3. The van der Waals surface area contributed by atoms with E-state index in [0.29, 0.717) is 12.0 Å². The minimum absolute atomic E-state index is 0.312. The summed E-state index contributed by atoms with van der Waals surface area (Å²) in [4.78, 5) is 2.64. The first kappa shape index (κ1) is 17.2. The predicted octanol–water partition coefficient (Wildman–Crippen LogP) is 3.17. The fourth-order valence-electron chi connectivity index (χ4n) is 4.64. The highest BCUT2D eigenvalue weighted by atomic mass is 16.3. The van der Waals surface area contributed by atoms with Gasteiger partial charge in [-0.2, -0.15) is 0 Å². The quantitative estimate of drug-likeness (QED) is 0.708. The Bertz CT molecular complexity index is 268. The zero-order valence-corrected chi connectivity index (χ0v) is 14.1. The Hall–Kier alpha value is -0.120. The lowest BCUT2D eigenvalue weighted by Gasteiger charge is -2.42. The molecular formula is C18H36N2O. The van der Waals surface area contributed by atoms with Crippen LogP contribution in [0, 0.1) is 5.41 Å². The summed E-state index contributed by atoms with van der Waals surface area (Å²) in [5, 5.41) is 13.0. The van der Waals surface area contributed by atoms with Crippen LogP contribution in [0.5, 0.6) is 0 Å². The van der Waals surface area contributed by atoms with E-state index in [1.165, 1.54) is 77.2 Å². The van der Waals surface area contributed by atoms with E-state index in [1.54, 1.807) is 0 Å². The van der Waals surface area contributed by atoms with Crippen LogP contribution < -0.4 is 5.32 Å². The number of nitrogens with one attached hydrogen (secondary N) is 1. The van der Waals surface area contributed by atoms with Crippen LogP contribution in [0.2, 0.25) is 0 Å². The summed E-state index contributed by atoms with van der Waals surface area (Å²) in [5.74, 6) is 0. The number of hydrogen-bond acceptors (Lipinski definition) is 3. The normalized spacial score (nSPS) is 24.1. The van der Waals surface area contributed by atoms with Gasteiger partial charge in [0, 0.05) is 25.7 Å². The summed E-state index contributed by atoms with van der Waals surface area (Å²) in [5.41, 5.74) is 0.442. The van der Waals surface area contributed by atoms with E-state index >= 15 is 0 Å². The first-order chi connectivity index (χ1) is 10.3. The number of hydrogen-bond donors (Lipinski definition) is 2. The van der Waals surface area contributed by atoms with Crippen molar-refractivity contribution in [2.75, 3.05) is 33.3 Å².